The van der Waals surface area contributed by atoms with Gasteiger partial charge in [-0.2, -0.15) is 4.98 Å². The maximum Gasteiger partial charge on any atom is 0.263 e. The minimum absolute atomic E-state index is 0.00909. The molecule has 1 N–H and O–H groups in total. The number of ether oxygens (including phenoxy) is 1. The summed E-state index contributed by atoms with van der Waals surface area (Å²) in [6, 6.07) is -0.00909. The van der Waals surface area contributed by atoms with Crippen molar-refractivity contribution < 1.29 is 14.1 Å². The van der Waals surface area contributed by atoms with Gasteiger partial charge in [0.2, 0.25) is 5.91 Å². The summed E-state index contributed by atoms with van der Waals surface area (Å²) in [7, 11) is 0. The molecule has 2 aliphatic heterocycles. The average Bonchev–Trinajstić information content (AvgIpc) is 2.88. The highest BCUT2D eigenvalue weighted by atomic mass is 16.5. The number of piperidine rings is 1. The van der Waals surface area contributed by atoms with E-state index in [0.717, 1.165) is 29.9 Å². The fourth-order valence-corrected chi connectivity index (χ4v) is 3.04. The molecule has 4 heterocycles. The molecule has 8 heteroatoms. The second kappa shape index (κ2) is 4.66. The second-order valence-corrected chi connectivity index (χ2v) is 5.40. The molecule has 0 unspecified atom stereocenters. The predicted octanol–water partition coefficient (Wildman–Crippen LogP) is 0.0199. The summed E-state index contributed by atoms with van der Waals surface area (Å²) in [5.74, 6) is 0.740. The van der Waals surface area contributed by atoms with Crippen LogP contribution < -0.4 is 10.2 Å². The van der Waals surface area contributed by atoms with E-state index in [0.29, 0.717) is 12.3 Å². The molecule has 0 saturated carbocycles. The van der Waals surface area contributed by atoms with Crippen LogP contribution in [0.1, 0.15) is 12.1 Å². The zero-order chi connectivity index (χ0) is 14.4. The molecule has 4 rings (SSSR count). The van der Waals surface area contributed by atoms with Gasteiger partial charge in [-0.3, -0.25) is 4.79 Å². The molecule has 2 aliphatic rings. The van der Waals surface area contributed by atoms with Gasteiger partial charge >= 0.3 is 0 Å². The van der Waals surface area contributed by atoms with Gasteiger partial charge < -0.3 is 19.5 Å². The first-order valence-corrected chi connectivity index (χ1v) is 6.95. The van der Waals surface area contributed by atoms with Crippen molar-refractivity contribution in [3.63, 3.8) is 0 Å². The normalized spacial score (nSPS) is 25.8. The third kappa shape index (κ3) is 2.02. The molecule has 0 aromatic carbocycles. The summed E-state index contributed by atoms with van der Waals surface area (Å²) in [4.78, 5) is 22.1. The van der Waals surface area contributed by atoms with Crippen molar-refractivity contribution in [3.8, 4) is 0 Å². The van der Waals surface area contributed by atoms with Gasteiger partial charge in [-0.25, -0.2) is 4.98 Å². The highest BCUT2D eigenvalue weighted by Gasteiger charge is 2.36. The highest BCUT2D eigenvalue weighted by Crippen LogP contribution is 2.29. The van der Waals surface area contributed by atoms with E-state index in [-0.39, 0.29) is 24.7 Å². The van der Waals surface area contributed by atoms with E-state index in [1.165, 1.54) is 6.33 Å². The Kier molecular flexibility index (Phi) is 2.78. The lowest BCUT2D eigenvalue weighted by atomic mass is 10.0. The van der Waals surface area contributed by atoms with Crippen molar-refractivity contribution in [3.05, 3.63) is 12.0 Å². The van der Waals surface area contributed by atoms with Crippen LogP contribution in [0.5, 0.6) is 0 Å². The Bertz CT molecular complexity index is 700. The minimum atomic E-state index is -0.0629. The summed E-state index contributed by atoms with van der Waals surface area (Å²) in [6.07, 6.45) is 2.41. The first-order chi connectivity index (χ1) is 10.2. The number of hydrogen-bond acceptors (Lipinski definition) is 7. The lowest BCUT2D eigenvalue weighted by molar-refractivity contribution is -0.137. The Morgan fingerprint density at radius 1 is 1.43 bits per heavy atom. The topological polar surface area (TPSA) is 93.4 Å². The Balaban J connectivity index is 1.67. The summed E-state index contributed by atoms with van der Waals surface area (Å²) < 4.78 is 10.8. The molecule has 2 fully saturated rings. The molecule has 2 aromatic rings. The number of fused-ring (bicyclic) bond motifs is 2. The van der Waals surface area contributed by atoms with E-state index in [9.17, 15) is 4.79 Å². The van der Waals surface area contributed by atoms with Crippen molar-refractivity contribution in [1.82, 2.24) is 20.4 Å². The number of anilines is 1. The van der Waals surface area contributed by atoms with Crippen molar-refractivity contribution in [2.45, 2.75) is 25.5 Å². The van der Waals surface area contributed by atoms with E-state index >= 15 is 0 Å². The monoisotopic (exact) mass is 289 g/mol. The number of aromatic nitrogens is 3. The van der Waals surface area contributed by atoms with Gasteiger partial charge in [-0.15, -0.1) is 0 Å². The fourth-order valence-electron chi connectivity index (χ4n) is 3.04. The van der Waals surface area contributed by atoms with Crippen molar-refractivity contribution in [1.29, 1.82) is 0 Å². The second-order valence-electron chi connectivity index (χ2n) is 5.40. The van der Waals surface area contributed by atoms with Crippen LogP contribution in [0.3, 0.4) is 0 Å². The Morgan fingerprint density at radius 3 is 3.24 bits per heavy atom. The summed E-state index contributed by atoms with van der Waals surface area (Å²) in [6.45, 7) is 3.50. The number of carbonyl (C=O) groups is 1. The molecule has 0 spiro atoms. The molecule has 2 atom stereocenters. The number of hydrogen-bond donors (Lipinski definition) is 1. The third-order valence-corrected chi connectivity index (χ3v) is 4.05. The molecule has 110 valence electrons. The van der Waals surface area contributed by atoms with Crippen LogP contribution in [-0.4, -0.2) is 52.9 Å². The zero-order valence-corrected chi connectivity index (χ0v) is 11.6. The quantitative estimate of drug-likeness (QED) is 0.791. The molecular weight excluding hydrogens is 274 g/mol. The summed E-state index contributed by atoms with van der Waals surface area (Å²) in [5.41, 5.74) is 1.26. The van der Waals surface area contributed by atoms with Crippen LogP contribution in [-0.2, 0) is 9.53 Å². The summed E-state index contributed by atoms with van der Waals surface area (Å²) in [5, 5.41) is 7.77. The number of carbonyl (C=O) groups excluding carboxylic acids is 1. The van der Waals surface area contributed by atoms with E-state index in [4.69, 9.17) is 9.26 Å². The average molecular weight is 289 g/mol. The number of amides is 1. The van der Waals surface area contributed by atoms with Crippen molar-refractivity contribution in [2.75, 3.05) is 24.6 Å². The largest absolute Gasteiger partial charge is 0.366 e. The van der Waals surface area contributed by atoms with Crippen molar-refractivity contribution in [2.24, 2.45) is 0 Å². The lowest BCUT2D eigenvalue weighted by Crippen LogP contribution is -2.60. The first kappa shape index (κ1) is 12.5. The Labute approximate surface area is 120 Å². The SMILES string of the molecule is Cc1noc2ncnc(N3CC[C@@H]4OCC(=O)N[C@H]4C3)c12. The molecule has 2 saturated heterocycles. The van der Waals surface area contributed by atoms with Gasteiger partial charge in [0.25, 0.3) is 5.71 Å². The van der Waals surface area contributed by atoms with Crippen LogP contribution in [0.2, 0.25) is 0 Å². The number of rotatable bonds is 1. The van der Waals surface area contributed by atoms with Crippen LogP contribution >= 0.6 is 0 Å². The zero-order valence-electron chi connectivity index (χ0n) is 11.6. The summed E-state index contributed by atoms with van der Waals surface area (Å²) >= 11 is 0. The minimum Gasteiger partial charge on any atom is -0.366 e. The van der Waals surface area contributed by atoms with Crippen LogP contribution in [0.15, 0.2) is 10.9 Å². The Morgan fingerprint density at radius 2 is 2.33 bits per heavy atom. The van der Waals surface area contributed by atoms with E-state index in [2.05, 4.69) is 25.3 Å². The van der Waals surface area contributed by atoms with Crippen LogP contribution in [0, 0.1) is 6.92 Å². The highest BCUT2D eigenvalue weighted by molar-refractivity contribution is 5.88. The number of aryl methyl sites for hydroxylation is 1. The Hall–Kier alpha value is -2.22. The molecule has 0 aliphatic carbocycles. The third-order valence-electron chi connectivity index (χ3n) is 4.05. The van der Waals surface area contributed by atoms with Gasteiger partial charge in [0, 0.05) is 13.1 Å². The molecule has 2 aromatic heterocycles. The maximum absolute atomic E-state index is 11.5. The van der Waals surface area contributed by atoms with Gasteiger partial charge in [0.05, 0.1) is 17.8 Å². The van der Waals surface area contributed by atoms with Gasteiger partial charge in [0.15, 0.2) is 0 Å². The molecule has 0 radical (unpaired) electrons. The number of nitrogens with one attached hydrogen (secondary N) is 1. The van der Waals surface area contributed by atoms with E-state index in [1.54, 1.807) is 0 Å². The predicted molar refractivity (Wildman–Crippen MR) is 72.8 cm³/mol. The molecule has 8 nitrogen and oxygen atoms in total. The van der Waals surface area contributed by atoms with Gasteiger partial charge in [0.1, 0.15) is 24.1 Å². The van der Waals surface area contributed by atoms with Crippen molar-refractivity contribution >= 4 is 22.8 Å². The smallest absolute Gasteiger partial charge is 0.263 e. The maximum atomic E-state index is 11.5. The van der Waals surface area contributed by atoms with E-state index < -0.39 is 0 Å². The molecule has 21 heavy (non-hydrogen) atoms. The molecule has 0 bridgehead atoms. The van der Waals surface area contributed by atoms with Crippen LogP contribution in [0.4, 0.5) is 5.82 Å². The first-order valence-electron chi connectivity index (χ1n) is 6.95. The number of nitrogens with zero attached hydrogens (tertiary/aromatic N) is 4. The van der Waals surface area contributed by atoms with Gasteiger partial charge in [-0.05, 0) is 13.3 Å². The number of morpholine rings is 1. The molecular formula is C13H15N5O3. The van der Waals surface area contributed by atoms with Crippen LogP contribution in [0.25, 0.3) is 11.1 Å². The fraction of sp³-hybridized carbons (Fsp3) is 0.538. The standard InChI is InChI=1S/C13H15N5O3/c1-7-11-12(14-6-15-13(11)21-17-7)18-3-2-9-8(4-18)16-10(19)5-20-9/h6,8-9H,2-5H2,1H3,(H,16,19)/t8-,9-/m0/s1. The lowest BCUT2D eigenvalue weighted by Gasteiger charge is -2.41. The van der Waals surface area contributed by atoms with Gasteiger partial charge in [-0.1, -0.05) is 5.16 Å². The molecule has 1 amide bonds. The van der Waals surface area contributed by atoms with E-state index in [1.807, 2.05) is 6.92 Å².